The third-order valence-electron chi connectivity index (χ3n) is 1.52. The van der Waals surface area contributed by atoms with E-state index in [1.807, 2.05) is 0 Å². The molecule has 14 heavy (non-hydrogen) atoms. The molecule has 4 heteroatoms. The fourth-order valence-corrected chi connectivity index (χ4v) is 0.831. The van der Waals surface area contributed by atoms with Crippen molar-refractivity contribution in [3.05, 3.63) is 35.6 Å². The van der Waals surface area contributed by atoms with E-state index in [0.717, 1.165) is 5.56 Å². The lowest BCUT2D eigenvalue weighted by molar-refractivity contribution is 0.131. The van der Waals surface area contributed by atoms with E-state index in [9.17, 15) is 4.39 Å². The summed E-state index contributed by atoms with van der Waals surface area (Å²) < 4.78 is 12.5. The van der Waals surface area contributed by atoms with Crippen LogP contribution in [0.1, 0.15) is 12.5 Å². The van der Waals surface area contributed by atoms with E-state index in [0.29, 0.717) is 6.61 Å². The lowest BCUT2D eigenvalue weighted by atomic mass is 10.2. The number of hydrogen-bond acceptors (Lipinski definition) is 3. The number of nitrogens with two attached hydrogens (primary N) is 1. The normalized spacial score (nSPS) is 13.1. The van der Waals surface area contributed by atoms with Crippen molar-refractivity contribution in [3.8, 4) is 0 Å². The van der Waals surface area contributed by atoms with Crippen LogP contribution in [-0.4, -0.2) is 12.3 Å². The summed E-state index contributed by atoms with van der Waals surface area (Å²) in [6.07, 6.45) is 1.50. The number of oxime groups is 1. The average Bonchev–Trinajstić information content (AvgIpc) is 2.15. The van der Waals surface area contributed by atoms with Gasteiger partial charge in [0, 0.05) is 6.04 Å². The SMILES string of the molecule is CC(N)/C=N/OCc1ccc(F)cc1. The first kappa shape index (κ1) is 10.7. The van der Waals surface area contributed by atoms with Crippen molar-refractivity contribution in [3.63, 3.8) is 0 Å². The van der Waals surface area contributed by atoms with Gasteiger partial charge >= 0.3 is 0 Å². The van der Waals surface area contributed by atoms with E-state index < -0.39 is 0 Å². The maximum Gasteiger partial charge on any atom is 0.142 e. The Morgan fingerprint density at radius 3 is 2.71 bits per heavy atom. The molecule has 0 saturated heterocycles. The number of hydrogen-bond donors (Lipinski definition) is 1. The van der Waals surface area contributed by atoms with Crippen LogP contribution in [0, 0.1) is 5.82 Å². The number of rotatable bonds is 4. The Labute approximate surface area is 82.4 Å². The molecule has 0 aromatic heterocycles. The molecule has 0 aliphatic carbocycles. The van der Waals surface area contributed by atoms with Crippen molar-refractivity contribution >= 4 is 6.21 Å². The standard InChI is InChI=1S/C10H13FN2O/c1-8(12)6-13-14-7-9-2-4-10(11)5-3-9/h2-6,8H,7,12H2,1H3/b13-6+. The minimum Gasteiger partial charge on any atom is -0.391 e. The van der Waals surface area contributed by atoms with Crippen LogP contribution in [0.15, 0.2) is 29.4 Å². The van der Waals surface area contributed by atoms with E-state index in [1.165, 1.54) is 18.3 Å². The first-order valence-electron chi connectivity index (χ1n) is 4.34. The highest BCUT2D eigenvalue weighted by Crippen LogP contribution is 2.03. The first-order chi connectivity index (χ1) is 6.68. The highest BCUT2D eigenvalue weighted by atomic mass is 19.1. The van der Waals surface area contributed by atoms with Crippen molar-refractivity contribution < 1.29 is 9.23 Å². The van der Waals surface area contributed by atoms with Gasteiger partial charge in [-0.3, -0.25) is 0 Å². The monoisotopic (exact) mass is 196 g/mol. The van der Waals surface area contributed by atoms with Gasteiger partial charge in [-0.05, 0) is 24.6 Å². The van der Waals surface area contributed by atoms with Crippen molar-refractivity contribution in [1.82, 2.24) is 0 Å². The Morgan fingerprint density at radius 1 is 1.50 bits per heavy atom. The predicted octanol–water partition coefficient (Wildman–Crippen LogP) is 1.68. The van der Waals surface area contributed by atoms with Gasteiger partial charge in [0.15, 0.2) is 0 Å². The topological polar surface area (TPSA) is 47.6 Å². The van der Waals surface area contributed by atoms with Gasteiger partial charge in [-0.25, -0.2) is 4.39 Å². The molecule has 1 atom stereocenters. The van der Waals surface area contributed by atoms with Gasteiger partial charge in [0.25, 0.3) is 0 Å². The van der Waals surface area contributed by atoms with Crippen LogP contribution in [0.25, 0.3) is 0 Å². The van der Waals surface area contributed by atoms with Gasteiger partial charge in [0.1, 0.15) is 12.4 Å². The van der Waals surface area contributed by atoms with Gasteiger partial charge in [-0.2, -0.15) is 0 Å². The lowest BCUT2D eigenvalue weighted by Gasteiger charge is -1.99. The van der Waals surface area contributed by atoms with E-state index in [-0.39, 0.29) is 11.9 Å². The highest BCUT2D eigenvalue weighted by molar-refractivity contribution is 5.62. The molecule has 1 rings (SSSR count). The van der Waals surface area contributed by atoms with Crippen molar-refractivity contribution in [2.75, 3.05) is 0 Å². The molecule has 3 nitrogen and oxygen atoms in total. The van der Waals surface area contributed by atoms with E-state index in [4.69, 9.17) is 10.6 Å². The molecule has 76 valence electrons. The number of nitrogens with zero attached hydrogens (tertiary/aromatic N) is 1. The van der Waals surface area contributed by atoms with Crippen LogP contribution in [0.3, 0.4) is 0 Å². The minimum absolute atomic E-state index is 0.122. The fraction of sp³-hybridized carbons (Fsp3) is 0.300. The van der Waals surface area contributed by atoms with Crippen molar-refractivity contribution in [1.29, 1.82) is 0 Å². The molecule has 0 aliphatic rings. The molecular weight excluding hydrogens is 183 g/mol. The summed E-state index contributed by atoms with van der Waals surface area (Å²) in [7, 11) is 0. The second kappa shape index (κ2) is 5.34. The van der Waals surface area contributed by atoms with Gasteiger partial charge in [-0.1, -0.05) is 17.3 Å². The molecule has 0 amide bonds. The molecule has 0 saturated carbocycles. The summed E-state index contributed by atoms with van der Waals surface area (Å²) in [5.74, 6) is -0.257. The zero-order valence-corrected chi connectivity index (χ0v) is 7.98. The van der Waals surface area contributed by atoms with Crippen LogP contribution in [-0.2, 0) is 11.4 Å². The summed E-state index contributed by atoms with van der Waals surface area (Å²) in [5.41, 5.74) is 6.28. The molecule has 0 spiro atoms. The van der Waals surface area contributed by atoms with Crippen LogP contribution in [0.5, 0.6) is 0 Å². The van der Waals surface area contributed by atoms with E-state index in [1.54, 1.807) is 19.1 Å². The largest absolute Gasteiger partial charge is 0.391 e. The summed E-state index contributed by atoms with van der Waals surface area (Å²) in [5, 5.41) is 3.64. The first-order valence-corrected chi connectivity index (χ1v) is 4.34. The van der Waals surface area contributed by atoms with Crippen LogP contribution < -0.4 is 5.73 Å². The zero-order chi connectivity index (χ0) is 10.4. The minimum atomic E-state index is -0.257. The lowest BCUT2D eigenvalue weighted by Crippen LogP contribution is -2.15. The summed E-state index contributed by atoms with van der Waals surface area (Å²) in [4.78, 5) is 4.94. The molecule has 0 bridgehead atoms. The van der Waals surface area contributed by atoms with Gasteiger partial charge in [0.2, 0.25) is 0 Å². The second-order valence-corrected chi connectivity index (χ2v) is 3.01. The van der Waals surface area contributed by atoms with Crippen molar-refractivity contribution in [2.45, 2.75) is 19.6 Å². The zero-order valence-electron chi connectivity index (χ0n) is 7.98. The highest BCUT2D eigenvalue weighted by Gasteiger charge is 1.93. The fourth-order valence-electron chi connectivity index (χ4n) is 0.831. The number of benzene rings is 1. The Kier molecular flexibility index (Phi) is 4.07. The molecule has 1 aromatic carbocycles. The third kappa shape index (κ3) is 4.00. The molecular formula is C10H13FN2O. The maximum absolute atomic E-state index is 12.5. The third-order valence-corrected chi connectivity index (χ3v) is 1.52. The quantitative estimate of drug-likeness (QED) is 0.588. The summed E-state index contributed by atoms with van der Waals surface area (Å²) >= 11 is 0. The Hall–Kier alpha value is -1.42. The summed E-state index contributed by atoms with van der Waals surface area (Å²) in [6, 6.07) is 5.94. The smallest absolute Gasteiger partial charge is 0.142 e. The Morgan fingerprint density at radius 2 is 2.14 bits per heavy atom. The molecule has 0 aliphatic heterocycles. The Bertz CT molecular complexity index is 295. The van der Waals surface area contributed by atoms with Crippen LogP contribution >= 0.6 is 0 Å². The summed E-state index contributed by atoms with van der Waals surface area (Å²) in [6.45, 7) is 2.12. The van der Waals surface area contributed by atoms with Gasteiger partial charge in [0.05, 0.1) is 6.21 Å². The van der Waals surface area contributed by atoms with Crippen LogP contribution in [0.4, 0.5) is 4.39 Å². The van der Waals surface area contributed by atoms with Gasteiger partial charge in [-0.15, -0.1) is 0 Å². The Balaban J connectivity index is 2.35. The van der Waals surface area contributed by atoms with E-state index in [2.05, 4.69) is 5.16 Å². The van der Waals surface area contributed by atoms with E-state index >= 15 is 0 Å². The average molecular weight is 196 g/mol. The predicted molar refractivity (Wildman–Crippen MR) is 53.3 cm³/mol. The van der Waals surface area contributed by atoms with Crippen LogP contribution in [0.2, 0.25) is 0 Å². The van der Waals surface area contributed by atoms with Gasteiger partial charge < -0.3 is 10.6 Å². The molecule has 1 unspecified atom stereocenters. The number of halogens is 1. The van der Waals surface area contributed by atoms with Crippen molar-refractivity contribution in [2.24, 2.45) is 10.9 Å². The molecule has 2 N–H and O–H groups in total. The molecule has 1 aromatic rings. The second-order valence-electron chi connectivity index (χ2n) is 3.01. The molecule has 0 fully saturated rings. The molecule has 0 heterocycles. The molecule has 0 radical (unpaired) electrons. The maximum atomic E-state index is 12.5.